The molecule has 0 radical (unpaired) electrons. The van der Waals surface area contributed by atoms with Crippen LogP contribution in [-0.2, 0) is 4.74 Å². The largest absolute Gasteiger partial charge is 0.380 e. The number of nitrogens with one attached hydrogen (secondary N) is 1. The van der Waals surface area contributed by atoms with Gasteiger partial charge < -0.3 is 10.1 Å². The molecule has 2 heteroatoms. The summed E-state index contributed by atoms with van der Waals surface area (Å²) >= 11 is 0. The highest BCUT2D eigenvalue weighted by Gasteiger charge is 2.19. The van der Waals surface area contributed by atoms with Gasteiger partial charge in [-0.05, 0) is 31.6 Å². The first kappa shape index (κ1) is 11.0. The van der Waals surface area contributed by atoms with Crippen molar-refractivity contribution in [2.24, 2.45) is 5.92 Å². The third kappa shape index (κ3) is 7.03. The van der Waals surface area contributed by atoms with Gasteiger partial charge >= 0.3 is 0 Å². The van der Waals surface area contributed by atoms with Crippen LogP contribution in [0.2, 0.25) is 0 Å². The van der Waals surface area contributed by atoms with E-state index in [2.05, 4.69) is 19.2 Å². The van der Waals surface area contributed by atoms with E-state index in [1.165, 1.54) is 25.7 Å². The predicted octanol–water partition coefficient (Wildman–Crippen LogP) is 2.19. The van der Waals surface area contributed by atoms with Crippen LogP contribution in [0.25, 0.3) is 0 Å². The third-order valence-electron chi connectivity index (χ3n) is 2.33. The van der Waals surface area contributed by atoms with Crippen LogP contribution in [0, 0.1) is 5.92 Å². The highest BCUT2D eigenvalue weighted by molar-refractivity contribution is 4.80. The van der Waals surface area contributed by atoms with Gasteiger partial charge in [0.2, 0.25) is 0 Å². The summed E-state index contributed by atoms with van der Waals surface area (Å²) in [4.78, 5) is 0. The van der Waals surface area contributed by atoms with Crippen LogP contribution < -0.4 is 5.32 Å². The lowest BCUT2D eigenvalue weighted by Crippen LogP contribution is -2.21. The van der Waals surface area contributed by atoms with E-state index in [-0.39, 0.29) is 0 Å². The topological polar surface area (TPSA) is 21.3 Å². The van der Waals surface area contributed by atoms with Crippen LogP contribution in [0.3, 0.4) is 0 Å². The molecule has 0 amide bonds. The molecule has 1 N–H and O–H groups in total. The summed E-state index contributed by atoms with van der Waals surface area (Å²) in [6, 6.07) is 0.819. The smallest absolute Gasteiger partial charge is 0.0590 e. The van der Waals surface area contributed by atoms with Crippen LogP contribution in [0.4, 0.5) is 0 Å². The molecule has 0 aromatic rings. The summed E-state index contributed by atoms with van der Waals surface area (Å²) in [5.41, 5.74) is 0. The summed E-state index contributed by atoms with van der Waals surface area (Å²) in [5.74, 6) is 0.813. The van der Waals surface area contributed by atoms with Crippen molar-refractivity contribution < 1.29 is 4.74 Å². The van der Waals surface area contributed by atoms with Gasteiger partial charge in [-0.2, -0.15) is 0 Å². The summed E-state index contributed by atoms with van der Waals surface area (Å²) in [7, 11) is 0. The van der Waals surface area contributed by atoms with Crippen molar-refractivity contribution in [1.29, 1.82) is 0 Å². The fraction of sp³-hybridized carbons (Fsp3) is 1.00. The van der Waals surface area contributed by atoms with Crippen LogP contribution in [0.1, 0.15) is 39.5 Å². The summed E-state index contributed by atoms with van der Waals surface area (Å²) in [6.07, 6.45) is 5.23. The maximum absolute atomic E-state index is 5.50. The van der Waals surface area contributed by atoms with E-state index in [0.29, 0.717) is 0 Å². The van der Waals surface area contributed by atoms with Gasteiger partial charge in [-0.15, -0.1) is 0 Å². The zero-order valence-electron chi connectivity index (χ0n) is 9.01. The Morgan fingerprint density at radius 3 is 2.69 bits per heavy atom. The average Bonchev–Trinajstić information content (AvgIpc) is 2.86. The summed E-state index contributed by atoms with van der Waals surface area (Å²) in [5, 5.41) is 3.43. The molecule has 0 aromatic heterocycles. The molecule has 0 heterocycles. The average molecular weight is 185 g/mol. The second kappa shape index (κ2) is 6.39. The molecule has 78 valence electrons. The van der Waals surface area contributed by atoms with E-state index >= 15 is 0 Å². The Balaban J connectivity index is 1.68. The summed E-state index contributed by atoms with van der Waals surface area (Å²) in [6.45, 7) is 7.37. The zero-order chi connectivity index (χ0) is 9.52. The maximum atomic E-state index is 5.50. The first-order valence-electron chi connectivity index (χ1n) is 5.60. The highest BCUT2D eigenvalue weighted by atomic mass is 16.5. The molecule has 1 fully saturated rings. The molecule has 0 atom stereocenters. The molecule has 0 aromatic carbocycles. The van der Waals surface area contributed by atoms with Gasteiger partial charge in [-0.25, -0.2) is 0 Å². The van der Waals surface area contributed by atoms with Crippen LogP contribution in [-0.4, -0.2) is 25.8 Å². The van der Waals surface area contributed by atoms with E-state index in [0.717, 1.165) is 31.7 Å². The third-order valence-corrected chi connectivity index (χ3v) is 2.33. The van der Waals surface area contributed by atoms with Gasteiger partial charge in [-0.3, -0.25) is 0 Å². The second-order valence-electron chi connectivity index (χ2n) is 4.38. The fourth-order valence-corrected chi connectivity index (χ4v) is 1.32. The molecule has 13 heavy (non-hydrogen) atoms. The zero-order valence-corrected chi connectivity index (χ0v) is 9.01. The van der Waals surface area contributed by atoms with Crippen LogP contribution in [0.5, 0.6) is 0 Å². The van der Waals surface area contributed by atoms with Crippen molar-refractivity contribution in [3.8, 4) is 0 Å². The molecule has 1 aliphatic rings. The monoisotopic (exact) mass is 185 g/mol. The van der Waals surface area contributed by atoms with E-state index in [1.807, 2.05) is 0 Å². The Labute approximate surface area is 82.0 Å². The van der Waals surface area contributed by atoms with E-state index in [1.54, 1.807) is 0 Å². The van der Waals surface area contributed by atoms with Crippen LogP contribution in [0.15, 0.2) is 0 Å². The Bertz CT molecular complexity index is 115. The second-order valence-corrected chi connectivity index (χ2v) is 4.38. The lowest BCUT2D eigenvalue weighted by atomic mass is 10.1. The molecule has 1 aliphatic carbocycles. The van der Waals surface area contributed by atoms with Crippen molar-refractivity contribution in [3.05, 3.63) is 0 Å². The molecule has 1 saturated carbocycles. The number of rotatable bonds is 8. The quantitative estimate of drug-likeness (QED) is 0.585. The van der Waals surface area contributed by atoms with Crippen molar-refractivity contribution in [1.82, 2.24) is 5.32 Å². The highest BCUT2D eigenvalue weighted by Crippen LogP contribution is 2.17. The van der Waals surface area contributed by atoms with Crippen molar-refractivity contribution in [2.75, 3.05) is 19.8 Å². The molecule has 0 aliphatic heterocycles. The predicted molar refractivity (Wildman–Crippen MR) is 55.9 cm³/mol. The Hall–Kier alpha value is -0.0800. The molecule has 2 nitrogen and oxygen atoms in total. The first-order valence-corrected chi connectivity index (χ1v) is 5.60. The molecule has 0 saturated heterocycles. The molecule has 1 rings (SSSR count). The van der Waals surface area contributed by atoms with E-state index < -0.39 is 0 Å². The molecule has 0 unspecified atom stereocenters. The molecule has 0 bridgehead atoms. The fourth-order valence-electron chi connectivity index (χ4n) is 1.32. The Morgan fingerprint density at radius 1 is 1.31 bits per heavy atom. The summed E-state index contributed by atoms with van der Waals surface area (Å²) < 4.78 is 5.50. The number of hydrogen-bond donors (Lipinski definition) is 1. The minimum Gasteiger partial charge on any atom is -0.380 e. The van der Waals surface area contributed by atoms with Gasteiger partial charge in [0, 0.05) is 19.2 Å². The Kier molecular flexibility index (Phi) is 5.40. The van der Waals surface area contributed by atoms with Crippen LogP contribution >= 0.6 is 0 Å². The van der Waals surface area contributed by atoms with Gasteiger partial charge in [0.05, 0.1) is 6.61 Å². The maximum Gasteiger partial charge on any atom is 0.0590 e. The lowest BCUT2D eigenvalue weighted by Gasteiger charge is -2.06. The van der Waals surface area contributed by atoms with Gasteiger partial charge in [-0.1, -0.05) is 13.8 Å². The standard InChI is InChI=1S/C11H23NO/c1-10(2)4-3-8-13-9-7-12-11-5-6-11/h10-12H,3-9H2,1-2H3. The Morgan fingerprint density at radius 2 is 2.08 bits per heavy atom. The molecule has 0 spiro atoms. The van der Waals surface area contributed by atoms with Crippen molar-refractivity contribution >= 4 is 0 Å². The minimum atomic E-state index is 0.813. The lowest BCUT2D eigenvalue weighted by molar-refractivity contribution is 0.129. The first-order chi connectivity index (χ1) is 6.29. The minimum absolute atomic E-state index is 0.813. The van der Waals surface area contributed by atoms with Gasteiger partial charge in [0.1, 0.15) is 0 Å². The van der Waals surface area contributed by atoms with E-state index in [4.69, 9.17) is 4.74 Å². The van der Waals surface area contributed by atoms with Crippen molar-refractivity contribution in [2.45, 2.75) is 45.6 Å². The SMILES string of the molecule is CC(C)CCCOCCNC1CC1. The molecular formula is C11H23NO. The van der Waals surface area contributed by atoms with E-state index in [9.17, 15) is 0 Å². The normalized spacial score (nSPS) is 16.8. The number of ether oxygens (including phenoxy) is 1. The number of hydrogen-bond acceptors (Lipinski definition) is 2. The van der Waals surface area contributed by atoms with Gasteiger partial charge in [0.25, 0.3) is 0 Å². The molecular weight excluding hydrogens is 162 g/mol. The van der Waals surface area contributed by atoms with Gasteiger partial charge in [0.15, 0.2) is 0 Å². The van der Waals surface area contributed by atoms with Crippen molar-refractivity contribution in [3.63, 3.8) is 0 Å².